The number of carbonyl (C=O) groups is 9. The summed E-state index contributed by atoms with van der Waals surface area (Å²) in [6.45, 7) is 3.45. The Morgan fingerprint density at radius 1 is 0.326 bits per heavy atom. The van der Waals surface area contributed by atoms with Crippen LogP contribution in [-0.4, -0.2) is 154 Å². The van der Waals surface area contributed by atoms with E-state index in [0.717, 1.165) is 0 Å². The number of nitrogens with one attached hydrogen (secondary N) is 2. The SMILES string of the molecule is CCOC(=O)c1cccc(CN2C(=O)c3ccccc3S(=O)(=O)c3ccc(C(=O)N(Cc4ccc(OC)cc4OC)c4ccc(OC)c(OC)c4)cc32)c1.CCOC(=O)c1cccc(CN2C(=O)c3ccccc3S(=O)(=O)c3ccc(C(=O)Nc4ccc(OC)c(OC)c4)cc32)c1.COc1ccc(NC(=O)c2ccc3c(c2)N(Cc2cccc(C(=O)O)c2)C(=O)c2ccccc2S3(=O)=O)cc1OC. The number of carboxylic acid groups (broad SMARTS) is 1. The molecule has 0 aromatic heterocycles. The number of esters is 2. The van der Waals surface area contributed by atoms with Crippen LogP contribution >= 0.6 is 0 Å². The maximum absolute atomic E-state index is 14.8. The minimum absolute atomic E-state index is 0.00197. The second kappa shape index (κ2) is 41.9. The molecule has 3 N–H and O–H groups in total. The van der Waals surface area contributed by atoms with E-state index in [2.05, 4.69) is 10.6 Å². The molecule has 0 aliphatic carbocycles. The van der Waals surface area contributed by atoms with Crippen molar-refractivity contribution in [1.29, 1.82) is 0 Å². The van der Waals surface area contributed by atoms with Crippen molar-refractivity contribution in [2.45, 2.75) is 69.4 Å². The number of fused-ring (bicyclic) bond motifs is 6. The van der Waals surface area contributed by atoms with Crippen LogP contribution in [0.4, 0.5) is 34.1 Å². The summed E-state index contributed by atoms with van der Waals surface area (Å²) in [6, 6.07) is 69.2. The number of aromatic carboxylic acids is 1. The maximum Gasteiger partial charge on any atom is 0.338 e. The number of ether oxygens (including phenoxy) is 10. The number of carbonyl (C=O) groups excluding carboxylic acids is 8. The van der Waals surface area contributed by atoms with E-state index in [1.165, 1.54) is 186 Å². The normalized spacial score (nSPS) is 13.1. The lowest BCUT2D eigenvalue weighted by Crippen LogP contribution is -2.32. The predicted octanol–water partition coefficient (Wildman–Crippen LogP) is 16.5. The fourth-order valence-corrected chi connectivity index (χ4v) is 20.6. The highest BCUT2D eigenvalue weighted by Gasteiger charge is 2.41. The smallest absolute Gasteiger partial charge is 0.338 e. The lowest BCUT2D eigenvalue weighted by atomic mass is 10.1. The van der Waals surface area contributed by atoms with Crippen molar-refractivity contribution >= 4 is 117 Å². The molecular weight excluding hydrogens is 1830 g/mol. The number of sulfone groups is 3. The molecule has 32 nitrogen and oxygen atoms in total. The van der Waals surface area contributed by atoms with Crippen molar-refractivity contribution in [1.82, 2.24) is 0 Å². The standard InChI is InChI=1S/C41H38N2O10S.C32H28N2O8S.C30H24N2O8S/c1-6-53-41(46)28-11-9-10-26(20-28)24-43-33-21-27(15-19-38(33)54(47,48)37-13-8-7-12-32(37)40(43)45)39(44)42(30-16-18-34(50-3)36(22-30)52-5)25-29-14-17-31(49-2)23-35(29)51-4;1-4-42-32(37)22-9-7-8-20(16-22)19-34-25-17-21(30(35)33-23-13-14-26(40-2)27(18-23)41-3)12-15-29(25)43(38,39)28-11-6-5-10-24(28)31(34)36;1-39-24-12-11-21(16-25(24)40-2)31-28(33)19-10-13-27-23(15-19)32(17-18-6-5-7-20(14-18)30(35)36)29(34)22-8-3-4-9-26(22)41(27,37)38/h7-23H,6,24-25H2,1-5H3;5-18H,4,19H2,1-3H3,(H,33,35);3-16H,17H2,1-2H3,(H,31,33)(H,35,36). The number of rotatable bonds is 27. The number of nitrogens with zero attached hydrogens (tertiary/aromatic N) is 4. The van der Waals surface area contributed by atoms with Gasteiger partial charge in [-0.3, -0.25) is 28.8 Å². The van der Waals surface area contributed by atoms with Gasteiger partial charge in [0.2, 0.25) is 29.5 Å². The molecule has 706 valence electrons. The Bertz CT molecular complexity index is 7390. The summed E-state index contributed by atoms with van der Waals surface area (Å²) in [5.41, 5.74) is 4.30. The molecule has 0 radical (unpaired) electrons. The summed E-state index contributed by atoms with van der Waals surface area (Å²) in [6.07, 6.45) is 0. The fraction of sp³-hybridized carbons (Fsp3) is 0.155. The molecule has 138 heavy (non-hydrogen) atoms. The number of carboxylic acids is 1. The third-order valence-electron chi connectivity index (χ3n) is 22.4. The first-order valence-corrected chi connectivity index (χ1v) is 46.9. The largest absolute Gasteiger partial charge is 0.497 e. The van der Waals surface area contributed by atoms with Crippen molar-refractivity contribution in [3.63, 3.8) is 0 Å². The monoisotopic (exact) mass is 1920 g/mol. The lowest BCUT2D eigenvalue weighted by molar-refractivity contribution is 0.0516. The van der Waals surface area contributed by atoms with Crippen LogP contribution in [0.15, 0.2) is 302 Å². The number of hydrogen-bond acceptors (Lipinski definition) is 25. The Hall–Kier alpha value is -16.7. The minimum atomic E-state index is -4.24. The van der Waals surface area contributed by atoms with Crippen molar-refractivity contribution in [3.8, 4) is 46.0 Å². The van der Waals surface area contributed by atoms with Crippen molar-refractivity contribution < 1.29 is 121 Å². The second-order valence-corrected chi connectivity index (χ2v) is 36.4. The summed E-state index contributed by atoms with van der Waals surface area (Å²) in [7, 11) is -0.569. The average molecular weight is 1920 g/mol. The number of hydrogen-bond donors (Lipinski definition) is 3. The zero-order valence-corrected chi connectivity index (χ0v) is 78.3. The molecule has 0 atom stereocenters. The van der Waals surface area contributed by atoms with Gasteiger partial charge in [0.15, 0.2) is 34.5 Å². The van der Waals surface area contributed by atoms with Crippen LogP contribution in [-0.2, 0) is 65.2 Å². The van der Waals surface area contributed by atoms with E-state index in [9.17, 15) is 73.5 Å². The van der Waals surface area contributed by atoms with Crippen LogP contribution in [0.3, 0.4) is 0 Å². The van der Waals surface area contributed by atoms with Crippen molar-refractivity contribution in [2.24, 2.45) is 0 Å². The first kappa shape index (κ1) is 97.4. The van der Waals surface area contributed by atoms with Crippen LogP contribution in [0.2, 0.25) is 0 Å². The van der Waals surface area contributed by atoms with Gasteiger partial charge in [-0.05, 0) is 206 Å². The Labute approximate surface area is 794 Å². The number of methoxy groups -OCH3 is 8. The molecule has 0 bridgehead atoms. The van der Waals surface area contributed by atoms with Gasteiger partial charge in [0.1, 0.15) is 11.5 Å². The molecule has 3 heterocycles. The number of anilines is 6. The van der Waals surface area contributed by atoms with Gasteiger partial charge in [-0.2, -0.15) is 0 Å². The van der Waals surface area contributed by atoms with Gasteiger partial charge in [-0.25, -0.2) is 39.6 Å². The molecule has 13 aromatic rings. The van der Waals surface area contributed by atoms with E-state index in [-0.39, 0.29) is 136 Å². The van der Waals surface area contributed by atoms with Crippen LogP contribution in [0, 0.1) is 0 Å². The van der Waals surface area contributed by atoms with Gasteiger partial charge in [0, 0.05) is 63.6 Å². The Morgan fingerprint density at radius 3 is 1.06 bits per heavy atom. The van der Waals surface area contributed by atoms with E-state index in [0.29, 0.717) is 85.3 Å². The highest BCUT2D eigenvalue weighted by Crippen LogP contribution is 2.45. The molecule has 16 rings (SSSR count). The molecule has 0 unspecified atom stereocenters. The van der Waals surface area contributed by atoms with Crippen molar-refractivity contribution in [2.75, 3.05) is 100 Å². The Kier molecular flexibility index (Phi) is 29.5. The third kappa shape index (κ3) is 20.2. The molecule has 3 aliphatic rings. The van der Waals surface area contributed by atoms with Gasteiger partial charge in [-0.15, -0.1) is 0 Å². The predicted molar refractivity (Wildman–Crippen MR) is 509 cm³/mol. The second-order valence-electron chi connectivity index (χ2n) is 30.7. The molecule has 6 amide bonds. The number of amides is 6. The van der Waals surface area contributed by atoms with Gasteiger partial charge in [-0.1, -0.05) is 72.8 Å². The van der Waals surface area contributed by atoms with Gasteiger partial charge in [0.05, 0.1) is 176 Å². The topological polar surface area (TPSA) is 406 Å². The molecule has 35 heteroatoms. The van der Waals surface area contributed by atoms with E-state index in [4.69, 9.17) is 47.4 Å². The lowest BCUT2D eigenvalue weighted by Gasteiger charge is -2.27. The van der Waals surface area contributed by atoms with E-state index >= 15 is 0 Å². The molecule has 0 saturated heterocycles. The maximum atomic E-state index is 14.8. The fourth-order valence-electron chi connectivity index (χ4n) is 15.7. The molecular formula is C103H90N6O26S3. The van der Waals surface area contributed by atoms with Crippen LogP contribution in [0.25, 0.3) is 0 Å². The minimum Gasteiger partial charge on any atom is -0.497 e. The van der Waals surface area contributed by atoms with Crippen molar-refractivity contribution in [3.05, 3.63) is 345 Å². The van der Waals surface area contributed by atoms with Crippen LogP contribution in [0.1, 0.15) is 129 Å². The quantitative estimate of drug-likeness (QED) is 0.0402. The molecule has 13 aromatic carbocycles. The first-order chi connectivity index (χ1) is 66.3. The zero-order valence-electron chi connectivity index (χ0n) is 75.9. The van der Waals surface area contributed by atoms with E-state index in [1.54, 1.807) is 178 Å². The van der Waals surface area contributed by atoms with Gasteiger partial charge >= 0.3 is 17.9 Å². The summed E-state index contributed by atoms with van der Waals surface area (Å²) < 4.78 is 137. The highest BCUT2D eigenvalue weighted by atomic mass is 32.2. The summed E-state index contributed by atoms with van der Waals surface area (Å²) in [4.78, 5) is 125. The van der Waals surface area contributed by atoms with E-state index in [1.807, 2.05) is 0 Å². The Balaban J connectivity index is 0.000000167. The van der Waals surface area contributed by atoms with Crippen LogP contribution in [0.5, 0.6) is 46.0 Å². The summed E-state index contributed by atoms with van der Waals surface area (Å²) in [5.74, 6) is -1.96. The van der Waals surface area contributed by atoms with Gasteiger partial charge < -0.3 is 82.7 Å². The third-order valence-corrected chi connectivity index (χ3v) is 28.0. The summed E-state index contributed by atoms with van der Waals surface area (Å²) >= 11 is 0. The molecule has 0 saturated carbocycles. The number of benzene rings is 13. The average Bonchev–Trinajstić information content (AvgIpc) is 1.60. The first-order valence-electron chi connectivity index (χ1n) is 42.4. The van der Waals surface area contributed by atoms with Crippen LogP contribution < -0.4 is 68.1 Å². The molecule has 0 spiro atoms. The zero-order chi connectivity index (χ0) is 98.6. The molecule has 0 fully saturated rings. The van der Waals surface area contributed by atoms with Gasteiger partial charge in [0.25, 0.3) is 35.4 Å². The molecule has 3 aliphatic heterocycles. The Morgan fingerprint density at radius 2 is 0.681 bits per heavy atom. The summed E-state index contributed by atoms with van der Waals surface area (Å²) in [5, 5.41) is 15.0. The van der Waals surface area contributed by atoms with E-state index < -0.39 is 82.9 Å². The highest BCUT2D eigenvalue weighted by molar-refractivity contribution is 7.92.